The maximum absolute atomic E-state index is 12.5. The Morgan fingerprint density at radius 3 is 2.38 bits per heavy atom. The third-order valence-electron chi connectivity index (χ3n) is 3.83. The monoisotopic (exact) mass is 434 g/mol. The molecular formula is C18H19ClN6O3S. The molecule has 3 aromatic rings. The summed E-state index contributed by atoms with van der Waals surface area (Å²) in [6.45, 7) is 3.89. The summed E-state index contributed by atoms with van der Waals surface area (Å²) >= 11 is 5.78. The third-order valence-corrected chi connectivity index (χ3v) is 5.37. The number of amides is 1. The highest BCUT2D eigenvalue weighted by Gasteiger charge is 2.16. The Balaban J connectivity index is 1.61. The van der Waals surface area contributed by atoms with Gasteiger partial charge in [-0.05, 0) is 44.2 Å². The number of nitrogens with one attached hydrogen (secondary N) is 2. The second-order valence-electron chi connectivity index (χ2n) is 6.32. The molecule has 11 heteroatoms. The highest BCUT2D eigenvalue weighted by molar-refractivity contribution is 7.92. The predicted octanol–water partition coefficient (Wildman–Crippen LogP) is 2.77. The number of nitrogens with zero attached hydrogens (tertiary/aromatic N) is 4. The second kappa shape index (κ2) is 8.58. The largest absolute Gasteiger partial charge is 0.326 e. The lowest BCUT2D eigenvalue weighted by atomic mass is 10.3. The molecule has 0 atom stereocenters. The molecule has 0 spiro atoms. The summed E-state index contributed by atoms with van der Waals surface area (Å²) in [7, 11) is -3.85. The van der Waals surface area contributed by atoms with Crippen LogP contribution in [0.4, 0.5) is 11.6 Å². The van der Waals surface area contributed by atoms with E-state index < -0.39 is 10.0 Å². The van der Waals surface area contributed by atoms with Gasteiger partial charge in [0.25, 0.3) is 10.0 Å². The van der Waals surface area contributed by atoms with Crippen LogP contribution < -0.4 is 10.0 Å². The lowest BCUT2D eigenvalue weighted by Gasteiger charge is -2.09. The first-order valence-corrected chi connectivity index (χ1v) is 10.5. The minimum atomic E-state index is -3.85. The molecule has 0 saturated heterocycles. The molecule has 2 aromatic heterocycles. The maximum atomic E-state index is 12.5. The quantitative estimate of drug-likeness (QED) is 0.590. The van der Waals surface area contributed by atoms with Crippen molar-refractivity contribution in [1.29, 1.82) is 0 Å². The fraction of sp³-hybridized carbons (Fsp3) is 0.222. The minimum Gasteiger partial charge on any atom is -0.326 e. The normalized spacial score (nSPS) is 11.3. The number of aromatic nitrogens is 4. The number of benzene rings is 1. The van der Waals surface area contributed by atoms with Crippen LogP contribution >= 0.6 is 11.6 Å². The molecule has 0 bridgehead atoms. The van der Waals surface area contributed by atoms with Gasteiger partial charge in [0.1, 0.15) is 0 Å². The van der Waals surface area contributed by atoms with Crippen LogP contribution in [0.15, 0.2) is 47.6 Å². The number of anilines is 2. The smallest absolute Gasteiger partial charge is 0.264 e. The number of aryl methyl sites for hydroxylation is 3. The van der Waals surface area contributed by atoms with Crippen LogP contribution in [0.3, 0.4) is 0 Å². The summed E-state index contributed by atoms with van der Waals surface area (Å²) < 4.78 is 29.0. The van der Waals surface area contributed by atoms with Crippen molar-refractivity contribution in [2.45, 2.75) is 31.7 Å². The van der Waals surface area contributed by atoms with Gasteiger partial charge in [-0.3, -0.25) is 9.48 Å². The molecule has 9 nitrogen and oxygen atoms in total. The van der Waals surface area contributed by atoms with E-state index in [9.17, 15) is 13.2 Å². The number of sulfonamides is 1. The second-order valence-corrected chi connectivity index (χ2v) is 8.44. The SMILES string of the molecule is Cc1cc(C)nc(NS(=O)(=O)c2ccc(NC(=O)CCn3cc(Cl)cn3)cc2)n1. The zero-order valence-corrected chi connectivity index (χ0v) is 17.3. The predicted molar refractivity (Wildman–Crippen MR) is 109 cm³/mol. The Hall–Kier alpha value is -2.98. The molecule has 29 heavy (non-hydrogen) atoms. The average Bonchev–Trinajstić information content (AvgIpc) is 3.04. The number of hydrogen-bond acceptors (Lipinski definition) is 6. The zero-order valence-electron chi connectivity index (χ0n) is 15.8. The van der Waals surface area contributed by atoms with Crippen molar-refractivity contribution in [3.05, 3.63) is 59.1 Å². The Bertz CT molecular complexity index is 1110. The average molecular weight is 435 g/mol. The van der Waals surface area contributed by atoms with Crippen LogP contribution in [-0.2, 0) is 21.4 Å². The molecular weight excluding hydrogens is 416 g/mol. The molecule has 0 aliphatic rings. The van der Waals surface area contributed by atoms with Crippen LogP contribution in [0.5, 0.6) is 0 Å². The van der Waals surface area contributed by atoms with E-state index in [1.165, 1.54) is 30.5 Å². The van der Waals surface area contributed by atoms with Gasteiger partial charge < -0.3 is 5.32 Å². The maximum Gasteiger partial charge on any atom is 0.264 e. The van der Waals surface area contributed by atoms with Gasteiger partial charge in [-0.1, -0.05) is 11.6 Å². The summed E-state index contributed by atoms with van der Waals surface area (Å²) in [5, 5.41) is 7.21. The molecule has 0 aliphatic carbocycles. The molecule has 0 fully saturated rings. The van der Waals surface area contributed by atoms with Gasteiger partial charge in [0.05, 0.1) is 16.1 Å². The first-order chi connectivity index (χ1) is 13.7. The lowest BCUT2D eigenvalue weighted by Crippen LogP contribution is -2.16. The first kappa shape index (κ1) is 20.7. The van der Waals surface area contributed by atoms with Crippen LogP contribution in [0.2, 0.25) is 5.02 Å². The minimum absolute atomic E-state index is 0.0126. The van der Waals surface area contributed by atoms with Crippen molar-refractivity contribution in [1.82, 2.24) is 19.7 Å². The molecule has 152 valence electrons. The number of halogens is 1. The zero-order chi connectivity index (χ0) is 21.0. The van der Waals surface area contributed by atoms with Crippen molar-refractivity contribution in [3.63, 3.8) is 0 Å². The summed E-state index contributed by atoms with van der Waals surface area (Å²) in [6.07, 6.45) is 3.32. The van der Waals surface area contributed by atoms with Gasteiger partial charge >= 0.3 is 0 Å². The number of hydrogen-bond donors (Lipinski definition) is 2. The van der Waals surface area contributed by atoms with E-state index in [4.69, 9.17) is 11.6 Å². The van der Waals surface area contributed by atoms with E-state index in [1.54, 1.807) is 30.8 Å². The van der Waals surface area contributed by atoms with Gasteiger partial charge in [0.2, 0.25) is 11.9 Å². The van der Waals surface area contributed by atoms with Crippen molar-refractivity contribution >= 4 is 39.2 Å². The highest BCUT2D eigenvalue weighted by atomic mass is 35.5. The fourth-order valence-electron chi connectivity index (χ4n) is 2.57. The van der Waals surface area contributed by atoms with Gasteiger partial charge in [-0.2, -0.15) is 5.10 Å². The third kappa shape index (κ3) is 5.75. The number of carbonyl (C=O) groups excluding carboxylic acids is 1. The lowest BCUT2D eigenvalue weighted by molar-refractivity contribution is -0.116. The number of rotatable bonds is 7. The molecule has 1 aromatic carbocycles. The van der Waals surface area contributed by atoms with Gasteiger partial charge in [-0.25, -0.2) is 23.1 Å². The van der Waals surface area contributed by atoms with Gasteiger partial charge in [0, 0.05) is 36.2 Å². The molecule has 1 amide bonds. The van der Waals surface area contributed by atoms with E-state index in [1.807, 2.05) is 0 Å². The Kier molecular flexibility index (Phi) is 6.14. The first-order valence-electron chi connectivity index (χ1n) is 8.64. The standard InChI is InChI=1S/C18H19ClN6O3S/c1-12-9-13(2)22-18(21-12)24-29(27,28)16-5-3-15(4-6-16)23-17(26)7-8-25-11-14(19)10-20-25/h3-6,9-11H,7-8H2,1-2H3,(H,23,26)(H,21,22,24). The Labute approximate surface area is 173 Å². The van der Waals surface area contributed by atoms with E-state index in [2.05, 4.69) is 25.1 Å². The Morgan fingerprint density at radius 2 is 1.79 bits per heavy atom. The van der Waals surface area contributed by atoms with Crippen molar-refractivity contribution in [2.75, 3.05) is 10.0 Å². The summed E-state index contributed by atoms with van der Waals surface area (Å²) in [5.41, 5.74) is 1.80. The van der Waals surface area contributed by atoms with Crippen LogP contribution in [0, 0.1) is 13.8 Å². The van der Waals surface area contributed by atoms with Crippen molar-refractivity contribution in [2.24, 2.45) is 0 Å². The number of carbonyl (C=O) groups is 1. The van der Waals surface area contributed by atoms with Crippen LogP contribution in [-0.4, -0.2) is 34.1 Å². The summed E-state index contributed by atoms with van der Waals surface area (Å²) in [6, 6.07) is 7.57. The molecule has 2 heterocycles. The topological polar surface area (TPSA) is 119 Å². The summed E-state index contributed by atoms with van der Waals surface area (Å²) in [4.78, 5) is 20.2. The molecule has 0 aliphatic heterocycles. The van der Waals surface area contributed by atoms with Crippen LogP contribution in [0.25, 0.3) is 0 Å². The van der Waals surface area contributed by atoms with E-state index >= 15 is 0 Å². The highest BCUT2D eigenvalue weighted by Crippen LogP contribution is 2.17. The van der Waals surface area contributed by atoms with Gasteiger partial charge in [0.15, 0.2) is 0 Å². The molecule has 2 N–H and O–H groups in total. The molecule has 0 unspecified atom stereocenters. The van der Waals surface area contributed by atoms with E-state index in [-0.39, 0.29) is 23.2 Å². The van der Waals surface area contributed by atoms with E-state index in [0.717, 1.165) is 0 Å². The molecule has 0 saturated carbocycles. The van der Waals surface area contributed by atoms with Gasteiger partial charge in [-0.15, -0.1) is 0 Å². The van der Waals surface area contributed by atoms with Crippen LogP contribution in [0.1, 0.15) is 17.8 Å². The van der Waals surface area contributed by atoms with Crippen molar-refractivity contribution in [3.8, 4) is 0 Å². The Morgan fingerprint density at radius 1 is 1.14 bits per heavy atom. The summed E-state index contributed by atoms with van der Waals surface area (Å²) in [5.74, 6) is -0.215. The fourth-order valence-corrected chi connectivity index (χ4v) is 3.67. The molecule has 3 rings (SSSR count). The van der Waals surface area contributed by atoms with Crippen molar-refractivity contribution < 1.29 is 13.2 Å². The molecule has 0 radical (unpaired) electrons. The van der Waals surface area contributed by atoms with E-state index in [0.29, 0.717) is 28.6 Å².